The number of rotatable bonds is 3. The Morgan fingerprint density at radius 2 is 2.12 bits per heavy atom. The van der Waals surface area contributed by atoms with E-state index in [4.69, 9.17) is 0 Å². The molecule has 1 saturated heterocycles. The molecule has 0 spiro atoms. The Morgan fingerprint density at radius 3 is 2.88 bits per heavy atom. The highest BCUT2D eigenvalue weighted by Crippen LogP contribution is 2.46. The Kier molecular flexibility index (Phi) is 4.63. The molecule has 3 atom stereocenters. The molecule has 2 heterocycles. The van der Waals surface area contributed by atoms with Gasteiger partial charge in [-0.1, -0.05) is 43.2 Å². The number of carbonyl (C=O) groups is 1. The quantitative estimate of drug-likeness (QED) is 0.786. The second-order valence-corrected chi connectivity index (χ2v) is 7.28. The van der Waals surface area contributed by atoms with Crippen LogP contribution in [0.2, 0.25) is 0 Å². The van der Waals surface area contributed by atoms with Crippen LogP contribution in [-0.4, -0.2) is 43.8 Å². The van der Waals surface area contributed by atoms with Crippen LogP contribution in [0.3, 0.4) is 0 Å². The van der Waals surface area contributed by atoms with Gasteiger partial charge in [0, 0.05) is 18.5 Å². The second-order valence-electron chi connectivity index (χ2n) is 7.28. The van der Waals surface area contributed by atoms with Crippen LogP contribution in [0.15, 0.2) is 36.7 Å². The first-order valence-corrected chi connectivity index (χ1v) is 9.35. The Bertz CT molecular complexity index is 736. The minimum absolute atomic E-state index is 0.0671. The van der Waals surface area contributed by atoms with Crippen LogP contribution in [0, 0.1) is 5.92 Å². The number of amides is 2. The smallest absolute Gasteiger partial charge is 0.318 e. The summed E-state index contributed by atoms with van der Waals surface area (Å²) in [6.07, 6.45) is 6.08. The summed E-state index contributed by atoms with van der Waals surface area (Å²) in [6.45, 7) is 0.879. The van der Waals surface area contributed by atoms with E-state index in [9.17, 15) is 9.90 Å². The number of H-pyrrole nitrogens is 1. The van der Waals surface area contributed by atoms with E-state index >= 15 is 0 Å². The van der Waals surface area contributed by atoms with Gasteiger partial charge in [0.1, 0.15) is 12.2 Å². The predicted molar refractivity (Wildman–Crippen MR) is 96.0 cm³/mol. The SMILES string of the molecule is O=C(NCc1ncn[nH]1)N1CC[C@@](O)(c2ccccc2)[C@H]2CCCC[C@H]21. The summed E-state index contributed by atoms with van der Waals surface area (Å²) in [4.78, 5) is 18.7. The molecule has 0 bridgehead atoms. The number of piperidine rings is 1. The van der Waals surface area contributed by atoms with Gasteiger partial charge in [-0.15, -0.1) is 0 Å². The van der Waals surface area contributed by atoms with Crippen molar-refractivity contribution in [3.05, 3.63) is 48.0 Å². The Labute approximate surface area is 152 Å². The van der Waals surface area contributed by atoms with Gasteiger partial charge in [-0.3, -0.25) is 5.10 Å². The van der Waals surface area contributed by atoms with Gasteiger partial charge in [0.05, 0.1) is 12.1 Å². The molecule has 1 aromatic carbocycles. The zero-order valence-corrected chi connectivity index (χ0v) is 14.8. The molecule has 7 nitrogen and oxygen atoms in total. The molecule has 3 N–H and O–H groups in total. The second kappa shape index (κ2) is 7.07. The van der Waals surface area contributed by atoms with Crippen LogP contribution >= 0.6 is 0 Å². The van der Waals surface area contributed by atoms with Crippen LogP contribution < -0.4 is 5.32 Å². The van der Waals surface area contributed by atoms with Gasteiger partial charge in [-0.2, -0.15) is 5.10 Å². The Balaban J connectivity index is 1.52. The number of carbonyl (C=O) groups excluding carboxylic acids is 1. The maximum Gasteiger partial charge on any atom is 0.318 e. The molecule has 2 amide bonds. The molecule has 26 heavy (non-hydrogen) atoms. The molecule has 1 aliphatic carbocycles. The van der Waals surface area contributed by atoms with Crippen molar-refractivity contribution >= 4 is 6.03 Å². The fourth-order valence-corrected chi connectivity index (χ4v) is 4.60. The van der Waals surface area contributed by atoms with E-state index in [0.717, 1.165) is 31.2 Å². The van der Waals surface area contributed by atoms with E-state index in [0.29, 0.717) is 25.3 Å². The number of benzene rings is 1. The molecule has 2 aromatic rings. The summed E-state index contributed by atoms with van der Waals surface area (Å²) in [5.41, 5.74) is 0.118. The third-order valence-corrected chi connectivity index (χ3v) is 5.88. The van der Waals surface area contributed by atoms with E-state index in [1.54, 1.807) is 0 Å². The zero-order chi connectivity index (χ0) is 18.0. The number of nitrogens with zero attached hydrogens (tertiary/aromatic N) is 3. The van der Waals surface area contributed by atoms with Gasteiger partial charge in [0.25, 0.3) is 0 Å². The minimum Gasteiger partial charge on any atom is -0.385 e. The summed E-state index contributed by atoms with van der Waals surface area (Å²) < 4.78 is 0. The van der Waals surface area contributed by atoms with Gasteiger partial charge >= 0.3 is 6.03 Å². The van der Waals surface area contributed by atoms with Crippen LogP contribution in [0.5, 0.6) is 0 Å². The molecule has 1 aliphatic heterocycles. The van der Waals surface area contributed by atoms with E-state index in [1.807, 2.05) is 35.2 Å². The summed E-state index contributed by atoms with van der Waals surface area (Å²) >= 11 is 0. The van der Waals surface area contributed by atoms with Gasteiger partial charge < -0.3 is 15.3 Å². The average molecular weight is 355 g/mol. The fourth-order valence-electron chi connectivity index (χ4n) is 4.60. The van der Waals surface area contributed by atoms with Gasteiger partial charge in [-0.25, -0.2) is 9.78 Å². The fraction of sp³-hybridized carbons (Fsp3) is 0.526. The topological polar surface area (TPSA) is 94.1 Å². The number of aromatic amines is 1. The standard InChI is InChI=1S/C19H25N5O2/c25-18(20-12-17-21-13-22-23-17)24-11-10-19(26,14-6-2-1-3-7-14)15-8-4-5-9-16(15)24/h1-3,6-7,13,15-16,26H,4-5,8-12H2,(H,20,25)(H,21,22,23)/t15-,16+,19+/m0/s1. The first-order valence-electron chi connectivity index (χ1n) is 9.35. The number of urea groups is 1. The van der Waals surface area contributed by atoms with Crippen molar-refractivity contribution in [3.8, 4) is 0 Å². The van der Waals surface area contributed by atoms with E-state index in [1.165, 1.54) is 6.33 Å². The molecule has 1 aromatic heterocycles. The number of aromatic nitrogens is 3. The Hall–Kier alpha value is -2.41. The molecular weight excluding hydrogens is 330 g/mol. The third-order valence-electron chi connectivity index (χ3n) is 5.88. The summed E-state index contributed by atoms with van der Waals surface area (Å²) in [5, 5.41) is 21.0. The van der Waals surface area contributed by atoms with Gasteiger partial charge in [0.15, 0.2) is 0 Å². The lowest BCUT2D eigenvalue weighted by molar-refractivity contribution is -0.108. The molecular formula is C19H25N5O2. The zero-order valence-electron chi connectivity index (χ0n) is 14.8. The lowest BCUT2D eigenvalue weighted by atomic mass is 9.66. The van der Waals surface area contributed by atoms with E-state index in [-0.39, 0.29) is 18.0 Å². The van der Waals surface area contributed by atoms with Gasteiger partial charge in [0.2, 0.25) is 0 Å². The minimum atomic E-state index is -0.853. The largest absolute Gasteiger partial charge is 0.385 e. The van der Waals surface area contributed by atoms with Crippen molar-refractivity contribution in [2.75, 3.05) is 6.54 Å². The van der Waals surface area contributed by atoms with Crippen molar-refractivity contribution in [2.24, 2.45) is 5.92 Å². The van der Waals surface area contributed by atoms with Crippen molar-refractivity contribution in [1.82, 2.24) is 25.4 Å². The molecule has 2 aliphatic rings. The highest BCUT2D eigenvalue weighted by molar-refractivity contribution is 5.74. The number of fused-ring (bicyclic) bond motifs is 1. The van der Waals surface area contributed by atoms with Crippen molar-refractivity contribution < 1.29 is 9.90 Å². The number of likely N-dealkylation sites (tertiary alicyclic amines) is 1. The van der Waals surface area contributed by atoms with Crippen LogP contribution in [0.25, 0.3) is 0 Å². The molecule has 4 rings (SSSR count). The number of hydrogen-bond donors (Lipinski definition) is 3. The summed E-state index contributed by atoms with van der Waals surface area (Å²) in [7, 11) is 0. The highest BCUT2D eigenvalue weighted by atomic mass is 16.3. The van der Waals surface area contributed by atoms with Crippen LogP contribution in [0.1, 0.15) is 43.5 Å². The van der Waals surface area contributed by atoms with E-state index in [2.05, 4.69) is 20.5 Å². The van der Waals surface area contributed by atoms with Crippen molar-refractivity contribution in [1.29, 1.82) is 0 Å². The number of nitrogens with one attached hydrogen (secondary N) is 2. The molecule has 2 fully saturated rings. The lowest BCUT2D eigenvalue weighted by Crippen LogP contribution is -2.60. The maximum atomic E-state index is 12.8. The van der Waals surface area contributed by atoms with Crippen LogP contribution in [-0.2, 0) is 12.1 Å². The van der Waals surface area contributed by atoms with Crippen LogP contribution in [0.4, 0.5) is 4.79 Å². The number of aliphatic hydroxyl groups is 1. The molecule has 1 saturated carbocycles. The number of hydrogen-bond acceptors (Lipinski definition) is 4. The Morgan fingerprint density at radius 1 is 1.31 bits per heavy atom. The molecule has 0 unspecified atom stereocenters. The monoisotopic (exact) mass is 355 g/mol. The third kappa shape index (κ3) is 3.07. The molecule has 7 heteroatoms. The summed E-state index contributed by atoms with van der Waals surface area (Å²) in [5.74, 6) is 0.708. The predicted octanol–water partition coefficient (Wildman–Crippen LogP) is 2.17. The van der Waals surface area contributed by atoms with E-state index < -0.39 is 5.60 Å². The van der Waals surface area contributed by atoms with Gasteiger partial charge in [-0.05, 0) is 24.8 Å². The maximum absolute atomic E-state index is 12.8. The molecule has 138 valence electrons. The average Bonchev–Trinajstić information content (AvgIpc) is 3.21. The van der Waals surface area contributed by atoms with Crippen molar-refractivity contribution in [3.63, 3.8) is 0 Å². The first-order chi connectivity index (χ1) is 12.7. The molecule has 0 radical (unpaired) electrons. The van der Waals surface area contributed by atoms with Crippen molar-refractivity contribution in [2.45, 2.75) is 50.3 Å². The highest BCUT2D eigenvalue weighted by Gasteiger charge is 2.50. The normalized spacial score (nSPS) is 28.4. The first kappa shape index (κ1) is 17.0. The lowest BCUT2D eigenvalue weighted by Gasteiger charge is -2.52. The summed E-state index contributed by atoms with van der Waals surface area (Å²) in [6, 6.07) is 9.91.